The van der Waals surface area contributed by atoms with Crippen molar-refractivity contribution in [3.05, 3.63) is 126 Å². The molecule has 2 aromatic heterocycles. The molecule has 4 atom stereocenters. The first-order valence-electron chi connectivity index (χ1n) is 17.0. The molecule has 270 valence electrons. The van der Waals surface area contributed by atoms with E-state index in [9.17, 15) is 19.5 Å². The summed E-state index contributed by atoms with van der Waals surface area (Å²) in [7, 11) is 3.17. The molecular weight excluding hydrogens is 648 g/mol. The fourth-order valence-electron chi connectivity index (χ4n) is 5.56. The summed E-state index contributed by atoms with van der Waals surface area (Å²) < 4.78 is 10.6. The van der Waals surface area contributed by atoms with Gasteiger partial charge in [0.15, 0.2) is 0 Å². The van der Waals surface area contributed by atoms with Gasteiger partial charge in [-0.2, -0.15) is 0 Å². The van der Waals surface area contributed by atoms with Crippen molar-refractivity contribution in [3.8, 4) is 5.88 Å². The van der Waals surface area contributed by atoms with Gasteiger partial charge in [-0.05, 0) is 47.9 Å². The van der Waals surface area contributed by atoms with E-state index in [1.807, 2.05) is 86.6 Å². The molecule has 2 heterocycles. The van der Waals surface area contributed by atoms with Crippen molar-refractivity contribution in [3.63, 3.8) is 0 Å². The molecule has 0 aliphatic rings. The Labute approximate surface area is 299 Å². The van der Waals surface area contributed by atoms with Crippen LogP contribution in [0.2, 0.25) is 0 Å². The minimum atomic E-state index is -1.07. The number of nitrogens with one attached hydrogen (secondary N) is 3. The van der Waals surface area contributed by atoms with Crippen molar-refractivity contribution in [2.75, 3.05) is 14.2 Å². The van der Waals surface area contributed by atoms with Crippen LogP contribution < -0.4 is 20.7 Å². The Hall–Kier alpha value is -5.49. The maximum absolute atomic E-state index is 13.9. The molecule has 12 nitrogen and oxygen atoms in total. The van der Waals surface area contributed by atoms with Crippen LogP contribution in [0.25, 0.3) is 0 Å². The highest BCUT2D eigenvalue weighted by molar-refractivity contribution is 5.87. The van der Waals surface area contributed by atoms with Gasteiger partial charge in [-0.25, -0.2) is 14.6 Å². The Balaban J connectivity index is 1.47. The van der Waals surface area contributed by atoms with E-state index in [1.54, 1.807) is 37.8 Å². The van der Waals surface area contributed by atoms with E-state index in [1.165, 1.54) is 12.0 Å². The topological polar surface area (TPSA) is 155 Å². The van der Waals surface area contributed by atoms with E-state index >= 15 is 0 Å². The molecule has 0 saturated heterocycles. The zero-order chi connectivity index (χ0) is 36.6. The number of aliphatic hydroxyl groups excluding tert-OH is 1. The van der Waals surface area contributed by atoms with Crippen LogP contribution in [0, 0.1) is 5.92 Å². The van der Waals surface area contributed by atoms with Crippen molar-refractivity contribution in [2.24, 2.45) is 5.92 Å². The maximum Gasteiger partial charge on any atom is 0.407 e. The smallest absolute Gasteiger partial charge is 0.407 e. The first kappa shape index (κ1) is 38.3. The molecule has 4 rings (SSSR count). The molecule has 4 aromatic rings. The zero-order valence-corrected chi connectivity index (χ0v) is 29.6. The number of carbonyl (C=O) groups is 3. The van der Waals surface area contributed by atoms with Crippen LogP contribution in [-0.2, 0) is 35.5 Å². The van der Waals surface area contributed by atoms with Crippen molar-refractivity contribution < 1.29 is 29.0 Å². The van der Waals surface area contributed by atoms with Crippen LogP contribution in [0.3, 0.4) is 0 Å². The quantitative estimate of drug-likeness (QED) is 0.124. The summed E-state index contributed by atoms with van der Waals surface area (Å²) >= 11 is 0. The second-order valence-corrected chi connectivity index (χ2v) is 12.8. The number of methoxy groups -OCH3 is 1. The SMILES string of the molecule is COc1ccc(CN(C)C(=O)N[C@H](C(=O)N[C@@H](Cc2ccccc2)[C@@H](O)C[C@H](Cc2ccccc2)NC(=O)OCc2cccnc2)C(C)C)cn1. The van der Waals surface area contributed by atoms with Crippen LogP contribution in [0.15, 0.2) is 104 Å². The highest BCUT2D eigenvalue weighted by Gasteiger charge is 2.31. The number of amides is 4. The van der Waals surface area contributed by atoms with Crippen molar-refractivity contribution in [1.82, 2.24) is 30.8 Å². The second kappa shape index (κ2) is 19.6. The number of urea groups is 1. The number of aliphatic hydroxyl groups is 1. The van der Waals surface area contributed by atoms with Gasteiger partial charge in [0.25, 0.3) is 0 Å². The zero-order valence-electron chi connectivity index (χ0n) is 29.6. The number of nitrogens with zero attached hydrogens (tertiary/aromatic N) is 3. The molecule has 2 aromatic carbocycles. The summed E-state index contributed by atoms with van der Waals surface area (Å²) in [5, 5.41) is 20.6. The summed E-state index contributed by atoms with van der Waals surface area (Å²) in [6.07, 6.45) is 4.05. The van der Waals surface area contributed by atoms with Crippen LogP contribution in [0.4, 0.5) is 9.59 Å². The molecular formula is C39H48N6O6. The molecule has 0 radical (unpaired) electrons. The summed E-state index contributed by atoms with van der Waals surface area (Å²) in [6, 6.07) is 23.7. The molecule has 0 spiro atoms. The van der Waals surface area contributed by atoms with Gasteiger partial charge in [-0.3, -0.25) is 9.78 Å². The molecule has 0 unspecified atom stereocenters. The van der Waals surface area contributed by atoms with E-state index in [0.29, 0.717) is 18.7 Å². The minimum absolute atomic E-state index is 0.0431. The standard InChI is InChI=1S/C39H48N6O6/c1-27(2)36(44-38(48)45(3)25-30-17-18-35(50-4)41-24-30)37(47)43-33(21-29-14-9-6-10-15-29)34(46)22-32(20-28-12-7-5-8-13-28)42-39(49)51-26-31-16-11-19-40-23-31/h5-19,23-24,27,32-34,36,46H,20-22,25-26H2,1-4H3,(H,42,49)(H,43,47)(H,44,48)/t32-,33-,34-,36-/m0/s1. The third-order valence-corrected chi connectivity index (χ3v) is 8.36. The van der Waals surface area contributed by atoms with Crippen molar-refractivity contribution in [1.29, 1.82) is 0 Å². The summed E-state index contributed by atoms with van der Waals surface area (Å²) in [5.41, 5.74) is 3.41. The van der Waals surface area contributed by atoms with Gasteiger partial charge in [0.1, 0.15) is 12.6 Å². The number of pyridine rings is 2. The summed E-state index contributed by atoms with van der Waals surface area (Å²) in [6.45, 7) is 4.00. The Kier molecular flexibility index (Phi) is 14.8. The van der Waals surface area contributed by atoms with Crippen LogP contribution in [0.1, 0.15) is 42.5 Å². The van der Waals surface area contributed by atoms with E-state index < -0.39 is 42.3 Å². The lowest BCUT2D eigenvalue weighted by molar-refractivity contribution is -0.125. The molecule has 0 fully saturated rings. The first-order chi connectivity index (χ1) is 24.6. The average Bonchev–Trinajstić information content (AvgIpc) is 3.14. The normalized spacial score (nSPS) is 13.3. The number of hydrogen-bond acceptors (Lipinski definition) is 8. The van der Waals surface area contributed by atoms with Crippen molar-refractivity contribution >= 4 is 18.0 Å². The molecule has 4 N–H and O–H groups in total. The van der Waals surface area contributed by atoms with Gasteiger partial charge < -0.3 is 35.4 Å². The molecule has 51 heavy (non-hydrogen) atoms. The van der Waals surface area contributed by atoms with Crippen LogP contribution >= 0.6 is 0 Å². The van der Waals surface area contributed by atoms with Gasteiger partial charge in [0.2, 0.25) is 11.8 Å². The first-order valence-corrected chi connectivity index (χ1v) is 17.0. The molecule has 4 amide bonds. The average molecular weight is 697 g/mol. The Bertz CT molecular complexity index is 1640. The predicted octanol–water partition coefficient (Wildman–Crippen LogP) is 4.67. The lowest BCUT2D eigenvalue weighted by atomic mass is 9.93. The fraction of sp³-hybridized carbons (Fsp3) is 0.359. The third-order valence-electron chi connectivity index (χ3n) is 8.36. The summed E-state index contributed by atoms with van der Waals surface area (Å²) in [5.74, 6) is -0.222. The van der Waals surface area contributed by atoms with Gasteiger partial charge >= 0.3 is 12.1 Å². The molecule has 0 bridgehead atoms. The lowest BCUT2D eigenvalue weighted by Gasteiger charge is -2.31. The molecule has 0 aliphatic heterocycles. The fourth-order valence-corrected chi connectivity index (χ4v) is 5.56. The Morgan fingerprint density at radius 2 is 1.47 bits per heavy atom. The van der Waals surface area contributed by atoms with Gasteiger partial charge in [0.05, 0.1) is 19.3 Å². The number of ether oxygens (including phenoxy) is 2. The highest BCUT2D eigenvalue weighted by atomic mass is 16.5. The predicted molar refractivity (Wildman–Crippen MR) is 194 cm³/mol. The van der Waals surface area contributed by atoms with Crippen LogP contribution in [0.5, 0.6) is 5.88 Å². The van der Waals surface area contributed by atoms with Gasteiger partial charge in [-0.15, -0.1) is 0 Å². The molecule has 0 aliphatic carbocycles. The second-order valence-electron chi connectivity index (χ2n) is 12.8. The van der Waals surface area contributed by atoms with E-state index in [-0.39, 0.29) is 25.5 Å². The Morgan fingerprint density at radius 3 is 2.06 bits per heavy atom. The number of rotatable bonds is 17. The highest BCUT2D eigenvalue weighted by Crippen LogP contribution is 2.16. The molecule has 0 saturated carbocycles. The van der Waals surface area contributed by atoms with E-state index in [0.717, 1.165) is 22.3 Å². The minimum Gasteiger partial charge on any atom is -0.481 e. The molecule has 12 heteroatoms. The van der Waals surface area contributed by atoms with Gasteiger partial charge in [0, 0.05) is 49.9 Å². The number of carbonyl (C=O) groups excluding carboxylic acids is 3. The monoisotopic (exact) mass is 696 g/mol. The Morgan fingerprint density at radius 1 is 0.804 bits per heavy atom. The number of hydrogen-bond donors (Lipinski definition) is 4. The number of benzene rings is 2. The maximum atomic E-state index is 13.9. The van der Waals surface area contributed by atoms with E-state index in [2.05, 4.69) is 25.9 Å². The van der Waals surface area contributed by atoms with Gasteiger partial charge in [-0.1, -0.05) is 86.6 Å². The number of aromatic nitrogens is 2. The lowest BCUT2D eigenvalue weighted by Crippen LogP contribution is -2.57. The number of alkyl carbamates (subject to hydrolysis) is 1. The van der Waals surface area contributed by atoms with E-state index in [4.69, 9.17) is 9.47 Å². The van der Waals surface area contributed by atoms with Crippen LogP contribution in [-0.4, -0.2) is 76.4 Å². The van der Waals surface area contributed by atoms with Crippen molar-refractivity contribution in [2.45, 2.75) is 70.5 Å². The third kappa shape index (κ3) is 12.7. The summed E-state index contributed by atoms with van der Waals surface area (Å²) in [4.78, 5) is 49.8. The largest absolute Gasteiger partial charge is 0.481 e.